The normalized spacial score (nSPS) is 13.6. The molecule has 0 saturated carbocycles. The highest BCUT2D eigenvalue weighted by Crippen LogP contribution is 2.27. The lowest BCUT2D eigenvalue weighted by atomic mass is 9.94. The van der Waals surface area contributed by atoms with Gasteiger partial charge in [-0.05, 0) is 58.1 Å². The Morgan fingerprint density at radius 3 is 2.12 bits per heavy atom. The molecule has 0 aromatic heterocycles. The Labute approximate surface area is 241 Å². The van der Waals surface area contributed by atoms with E-state index in [0.717, 1.165) is 41.5 Å². The van der Waals surface area contributed by atoms with Crippen LogP contribution in [-0.4, -0.2) is 41.0 Å². The number of amides is 3. The van der Waals surface area contributed by atoms with Crippen molar-refractivity contribution in [3.63, 3.8) is 0 Å². The standard InChI is InChI=1S/C33H49N3O4/c1-9-11-15-18-36(31(38)28(25(5)10-2)35-32(39)40-33(6,7)8)29(27-20-23(3)19-24(4)21-27)30(37)34-22-26-16-13-12-14-17-26/h12-14,16-17,19-21,25,28-29H,9-11,15,18,22H2,1-8H3,(H,34,37)(H,35,39). The molecule has 0 saturated heterocycles. The van der Waals surface area contributed by atoms with Gasteiger partial charge in [-0.15, -0.1) is 0 Å². The highest BCUT2D eigenvalue weighted by molar-refractivity contribution is 5.92. The Balaban J connectivity index is 2.53. The van der Waals surface area contributed by atoms with Crippen LogP contribution in [-0.2, 0) is 20.9 Å². The minimum atomic E-state index is -0.848. The second kappa shape index (κ2) is 15.4. The molecule has 2 N–H and O–H groups in total. The van der Waals surface area contributed by atoms with Crippen molar-refractivity contribution in [1.29, 1.82) is 0 Å². The van der Waals surface area contributed by atoms with Crippen molar-refractivity contribution in [2.24, 2.45) is 5.92 Å². The highest BCUT2D eigenvalue weighted by atomic mass is 16.6. The number of carbonyl (C=O) groups excluding carboxylic acids is 3. The second-order valence-corrected chi connectivity index (χ2v) is 11.8. The maximum Gasteiger partial charge on any atom is 0.408 e. The van der Waals surface area contributed by atoms with Crippen LogP contribution in [0.25, 0.3) is 0 Å². The second-order valence-electron chi connectivity index (χ2n) is 11.8. The predicted molar refractivity (Wildman–Crippen MR) is 161 cm³/mol. The molecule has 0 bridgehead atoms. The molecule has 0 fully saturated rings. The number of hydrogen-bond acceptors (Lipinski definition) is 4. The summed E-state index contributed by atoms with van der Waals surface area (Å²) in [6.07, 6.45) is 2.67. The summed E-state index contributed by atoms with van der Waals surface area (Å²) in [7, 11) is 0. The van der Waals surface area contributed by atoms with Crippen molar-refractivity contribution in [3.05, 3.63) is 70.8 Å². The zero-order chi connectivity index (χ0) is 29.9. The SMILES string of the molecule is CCCCCN(C(=O)C(NC(=O)OC(C)(C)C)C(C)CC)C(C(=O)NCc1ccccc1)c1cc(C)cc(C)c1. The number of aryl methyl sites for hydroxylation is 2. The molecule has 3 amide bonds. The molecular weight excluding hydrogens is 502 g/mol. The summed E-state index contributed by atoms with van der Waals surface area (Å²) in [6.45, 7) is 16.1. The van der Waals surface area contributed by atoms with Gasteiger partial charge in [0.05, 0.1) is 0 Å². The molecule has 3 unspecified atom stereocenters. The maximum absolute atomic E-state index is 14.4. The zero-order valence-electron chi connectivity index (χ0n) is 25.7. The molecule has 0 spiro atoms. The molecule has 0 aliphatic rings. The van der Waals surface area contributed by atoms with Crippen LogP contribution >= 0.6 is 0 Å². The topological polar surface area (TPSA) is 87.7 Å². The largest absolute Gasteiger partial charge is 0.444 e. The van der Waals surface area contributed by atoms with Crippen molar-refractivity contribution in [3.8, 4) is 0 Å². The van der Waals surface area contributed by atoms with Crippen LogP contribution in [0.3, 0.4) is 0 Å². The molecule has 7 heteroatoms. The van der Waals surface area contributed by atoms with E-state index in [1.54, 1.807) is 25.7 Å². The van der Waals surface area contributed by atoms with Crippen LogP contribution in [0.5, 0.6) is 0 Å². The molecule has 0 aliphatic heterocycles. The Hall–Kier alpha value is -3.35. The van der Waals surface area contributed by atoms with Gasteiger partial charge in [0.2, 0.25) is 11.8 Å². The number of benzene rings is 2. The van der Waals surface area contributed by atoms with Crippen molar-refractivity contribution in [2.45, 2.75) is 105 Å². The van der Waals surface area contributed by atoms with Gasteiger partial charge in [-0.2, -0.15) is 0 Å². The van der Waals surface area contributed by atoms with Gasteiger partial charge in [-0.1, -0.05) is 99.7 Å². The van der Waals surface area contributed by atoms with Gasteiger partial charge in [0.15, 0.2) is 0 Å². The van der Waals surface area contributed by atoms with E-state index in [1.807, 2.05) is 70.2 Å². The molecule has 0 aliphatic carbocycles. The van der Waals surface area contributed by atoms with Gasteiger partial charge < -0.3 is 20.3 Å². The van der Waals surface area contributed by atoms with Gasteiger partial charge >= 0.3 is 6.09 Å². The smallest absolute Gasteiger partial charge is 0.408 e. The summed E-state index contributed by atoms with van der Waals surface area (Å²) in [6, 6.07) is 14.0. The number of hydrogen-bond donors (Lipinski definition) is 2. The molecular formula is C33H49N3O4. The van der Waals surface area contributed by atoms with E-state index in [4.69, 9.17) is 4.74 Å². The van der Waals surface area contributed by atoms with E-state index in [-0.39, 0.29) is 17.7 Å². The van der Waals surface area contributed by atoms with E-state index in [9.17, 15) is 14.4 Å². The quantitative estimate of drug-likeness (QED) is 0.274. The number of nitrogens with zero attached hydrogens (tertiary/aromatic N) is 1. The van der Waals surface area contributed by atoms with Gasteiger partial charge in [0, 0.05) is 13.1 Å². The van der Waals surface area contributed by atoms with Crippen LogP contribution in [0.2, 0.25) is 0 Å². The minimum Gasteiger partial charge on any atom is -0.444 e. The first-order valence-corrected chi connectivity index (χ1v) is 14.6. The number of unbranched alkanes of at least 4 members (excludes halogenated alkanes) is 2. The van der Waals surface area contributed by atoms with E-state index in [0.29, 0.717) is 19.5 Å². The first-order valence-electron chi connectivity index (χ1n) is 14.6. The van der Waals surface area contributed by atoms with Crippen LogP contribution in [0.1, 0.15) is 95.5 Å². The molecule has 2 aromatic rings. The molecule has 2 rings (SSSR count). The van der Waals surface area contributed by atoms with Gasteiger partial charge in [0.25, 0.3) is 0 Å². The van der Waals surface area contributed by atoms with Crippen LogP contribution in [0.4, 0.5) is 4.79 Å². The van der Waals surface area contributed by atoms with E-state index >= 15 is 0 Å². The van der Waals surface area contributed by atoms with Crippen LogP contribution < -0.4 is 10.6 Å². The van der Waals surface area contributed by atoms with Gasteiger partial charge in [0.1, 0.15) is 17.7 Å². The predicted octanol–water partition coefficient (Wildman–Crippen LogP) is 6.62. The Kier molecular flexibility index (Phi) is 12.7. The first-order chi connectivity index (χ1) is 18.9. The fourth-order valence-corrected chi connectivity index (χ4v) is 4.72. The lowest BCUT2D eigenvalue weighted by molar-refractivity contribution is -0.143. The van der Waals surface area contributed by atoms with Crippen molar-refractivity contribution < 1.29 is 19.1 Å². The molecule has 2 aromatic carbocycles. The molecule has 40 heavy (non-hydrogen) atoms. The van der Waals surface area contributed by atoms with E-state index in [2.05, 4.69) is 23.6 Å². The lowest BCUT2D eigenvalue weighted by Gasteiger charge is -2.36. The fraction of sp³-hybridized carbons (Fsp3) is 0.545. The summed E-state index contributed by atoms with van der Waals surface area (Å²) >= 11 is 0. The number of carbonyl (C=O) groups is 3. The molecule has 0 radical (unpaired) electrons. The lowest BCUT2D eigenvalue weighted by Crippen LogP contribution is -2.55. The summed E-state index contributed by atoms with van der Waals surface area (Å²) in [5.41, 5.74) is 3.06. The van der Waals surface area contributed by atoms with Crippen molar-refractivity contribution >= 4 is 17.9 Å². The summed E-state index contributed by atoms with van der Waals surface area (Å²) in [5.74, 6) is -0.699. The van der Waals surface area contributed by atoms with Crippen LogP contribution in [0.15, 0.2) is 48.5 Å². The third-order valence-corrected chi connectivity index (χ3v) is 6.87. The molecule has 220 valence electrons. The fourth-order valence-electron chi connectivity index (χ4n) is 4.72. The Morgan fingerprint density at radius 1 is 0.950 bits per heavy atom. The highest BCUT2D eigenvalue weighted by Gasteiger charge is 2.38. The van der Waals surface area contributed by atoms with Gasteiger partial charge in [-0.25, -0.2) is 4.79 Å². The zero-order valence-corrected chi connectivity index (χ0v) is 25.7. The third-order valence-electron chi connectivity index (χ3n) is 6.87. The summed E-state index contributed by atoms with van der Waals surface area (Å²) < 4.78 is 5.50. The maximum atomic E-state index is 14.4. The monoisotopic (exact) mass is 551 g/mol. The van der Waals surface area contributed by atoms with Crippen molar-refractivity contribution in [2.75, 3.05) is 6.54 Å². The van der Waals surface area contributed by atoms with E-state index in [1.165, 1.54) is 0 Å². The number of ether oxygens (including phenoxy) is 1. The van der Waals surface area contributed by atoms with Crippen LogP contribution in [0, 0.1) is 19.8 Å². The summed E-state index contributed by atoms with van der Waals surface area (Å²) in [4.78, 5) is 42.8. The third kappa shape index (κ3) is 10.3. The average molecular weight is 552 g/mol. The number of alkyl carbamates (subject to hydrolysis) is 1. The minimum absolute atomic E-state index is 0.166. The average Bonchev–Trinajstić information content (AvgIpc) is 2.88. The number of rotatable bonds is 13. The molecule has 7 nitrogen and oxygen atoms in total. The van der Waals surface area contributed by atoms with Gasteiger partial charge in [-0.3, -0.25) is 9.59 Å². The molecule has 3 atom stereocenters. The Morgan fingerprint density at radius 2 is 1.57 bits per heavy atom. The van der Waals surface area contributed by atoms with E-state index < -0.39 is 23.8 Å². The Bertz CT molecular complexity index is 1090. The summed E-state index contributed by atoms with van der Waals surface area (Å²) in [5, 5.41) is 5.91. The molecule has 0 heterocycles. The van der Waals surface area contributed by atoms with Crippen molar-refractivity contribution in [1.82, 2.24) is 15.5 Å². The first kappa shape index (κ1) is 32.9. The number of nitrogens with one attached hydrogen (secondary N) is 2.